The molecule has 1 atom stereocenters. The van der Waals surface area contributed by atoms with E-state index < -0.39 is 16.3 Å². The topological polar surface area (TPSA) is 55.8 Å². The van der Waals surface area contributed by atoms with Crippen molar-refractivity contribution in [3.63, 3.8) is 0 Å². The zero-order chi connectivity index (χ0) is 14.2. The summed E-state index contributed by atoms with van der Waals surface area (Å²) in [6.07, 6.45) is -0.411. The molecule has 1 aromatic rings. The van der Waals surface area contributed by atoms with E-state index in [1.54, 1.807) is 40.0 Å². The van der Waals surface area contributed by atoms with E-state index in [0.717, 1.165) is 0 Å². The molecule has 1 aliphatic rings. The van der Waals surface area contributed by atoms with Gasteiger partial charge in [-0.1, -0.05) is 0 Å². The average molecular weight is 285 g/mol. The van der Waals surface area contributed by atoms with Crippen molar-refractivity contribution < 1.29 is 17.9 Å². The Hall–Kier alpha value is -1.11. The summed E-state index contributed by atoms with van der Waals surface area (Å²) < 4.78 is 37.3. The molecule has 2 rings (SSSR count). The fourth-order valence-electron chi connectivity index (χ4n) is 2.45. The average Bonchev–Trinajstić information content (AvgIpc) is 2.74. The standard InChI is InChI=1S/C13H19NO4S/c1-9-7-12(17-4)8-10(2)13(9)19(15,16)14-5-6-18-11(14)3/h7-8,11H,5-6H2,1-4H3. The number of ether oxygens (including phenoxy) is 2. The van der Waals surface area contributed by atoms with Crippen molar-refractivity contribution in [1.29, 1.82) is 0 Å². The number of hydrogen-bond donors (Lipinski definition) is 0. The molecule has 0 aliphatic carbocycles. The van der Waals surface area contributed by atoms with Gasteiger partial charge in [0.15, 0.2) is 0 Å². The molecule has 106 valence electrons. The molecule has 0 radical (unpaired) electrons. The van der Waals surface area contributed by atoms with Crippen LogP contribution in [0.25, 0.3) is 0 Å². The number of hydrogen-bond acceptors (Lipinski definition) is 4. The fourth-order valence-corrected chi connectivity index (χ4v) is 4.38. The normalized spacial score (nSPS) is 20.7. The second-order valence-corrected chi connectivity index (χ2v) is 6.50. The molecular weight excluding hydrogens is 266 g/mol. The van der Waals surface area contributed by atoms with Gasteiger partial charge < -0.3 is 9.47 Å². The first-order valence-corrected chi connectivity index (χ1v) is 7.60. The first-order chi connectivity index (χ1) is 8.87. The second kappa shape index (κ2) is 5.11. The van der Waals surface area contributed by atoms with Gasteiger partial charge in [0.2, 0.25) is 10.0 Å². The predicted octanol–water partition coefficient (Wildman–Crippen LogP) is 1.68. The third-order valence-corrected chi connectivity index (χ3v) is 5.57. The van der Waals surface area contributed by atoms with Gasteiger partial charge >= 0.3 is 0 Å². The fraction of sp³-hybridized carbons (Fsp3) is 0.538. The van der Waals surface area contributed by atoms with Crippen molar-refractivity contribution in [2.45, 2.75) is 31.9 Å². The molecule has 1 aromatic carbocycles. The molecule has 0 bridgehead atoms. The van der Waals surface area contributed by atoms with E-state index in [2.05, 4.69) is 0 Å². The quantitative estimate of drug-likeness (QED) is 0.848. The highest BCUT2D eigenvalue weighted by molar-refractivity contribution is 7.89. The van der Waals surface area contributed by atoms with Crippen molar-refractivity contribution in [2.24, 2.45) is 0 Å². The summed E-state index contributed by atoms with van der Waals surface area (Å²) in [6.45, 7) is 6.15. The van der Waals surface area contributed by atoms with Crippen LogP contribution >= 0.6 is 0 Å². The molecule has 1 fully saturated rings. The van der Waals surface area contributed by atoms with E-state index in [9.17, 15) is 8.42 Å². The summed E-state index contributed by atoms with van der Waals surface area (Å²) in [5.74, 6) is 0.666. The lowest BCUT2D eigenvalue weighted by atomic mass is 10.1. The number of aryl methyl sites for hydroxylation is 2. The maximum atomic E-state index is 12.7. The van der Waals surface area contributed by atoms with E-state index in [1.807, 2.05) is 0 Å². The van der Waals surface area contributed by atoms with E-state index in [-0.39, 0.29) is 0 Å². The second-order valence-electron chi connectivity index (χ2n) is 4.68. The molecule has 0 N–H and O–H groups in total. The van der Waals surface area contributed by atoms with Gasteiger partial charge in [0.25, 0.3) is 0 Å². The number of sulfonamides is 1. The highest BCUT2D eigenvalue weighted by Gasteiger charge is 2.35. The van der Waals surface area contributed by atoms with Crippen LogP contribution in [0.15, 0.2) is 17.0 Å². The van der Waals surface area contributed by atoms with Gasteiger partial charge in [0, 0.05) is 6.54 Å². The third-order valence-electron chi connectivity index (χ3n) is 3.31. The lowest BCUT2D eigenvalue weighted by Crippen LogP contribution is -2.35. The molecule has 0 saturated carbocycles. The van der Waals surface area contributed by atoms with Gasteiger partial charge in [-0.3, -0.25) is 0 Å². The molecule has 0 amide bonds. The summed E-state index contributed by atoms with van der Waals surface area (Å²) in [7, 11) is -1.95. The van der Waals surface area contributed by atoms with Crippen LogP contribution in [-0.4, -0.2) is 39.2 Å². The van der Waals surface area contributed by atoms with Gasteiger partial charge in [-0.15, -0.1) is 0 Å². The first kappa shape index (κ1) is 14.3. The molecule has 19 heavy (non-hydrogen) atoms. The molecule has 1 saturated heterocycles. The SMILES string of the molecule is COc1cc(C)c(S(=O)(=O)N2CCOC2C)c(C)c1. The molecule has 6 heteroatoms. The maximum absolute atomic E-state index is 12.7. The minimum absolute atomic E-state index is 0.352. The van der Waals surface area contributed by atoms with E-state index >= 15 is 0 Å². The number of rotatable bonds is 3. The lowest BCUT2D eigenvalue weighted by Gasteiger charge is -2.22. The number of benzene rings is 1. The summed E-state index contributed by atoms with van der Waals surface area (Å²) in [5.41, 5.74) is 1.38. The molecule has 1 unspecified atom stereocenters. The maximum Gasteiger partial charge on any atom is 0.245 e. The largest absolute Gasteiger partial charge is 0.497 e. The van der Waals surface area contributed by atoms with Gasteiger partial charge in [-0.2, -0.15) is 4.31 Å². The van der Waals surface area contributed by atoms with Crippen molar-refractivity contribution in [3.05, 3.63) is 23.3 Å². The van der Waals surface area contributed by atoms with Crippen LogP contribution in [0.5, 0.6) is 5.75 Å². The van der Waals surface area contributed by atoms with E-state index in [0.29, 0.717) is 34.9 Å². The Morgan fingerprint density at radius 1 is 1.32 bits per heavy atom. The Bertz CT molecular complexity index is 559. The number of methoxy groups -OCH3 is 1. The van der Waals surface area contributed by atoms with Crippen molar-refractivity contribution in [3.8, 4) is 5.75 Å². The molecular formula is C13H19NO4S. The van der Waals surface area contributed by atoms with Crippen LogP contribution in [0, 0.1) is 13.8 Å². The van der Waals surface area contributed by atoms with Crippen molar-refractivity contribution >= 4 is 10.0 Å². The first-order valence-electron chi connectivity index (χ1n) is 6.16. The lowest BCUT2D eigenvalue weighted by molar-refractivity contribution is 0.0846. The third kappa shape index (κ3) is 2.48. The Kier molecular flexibility index (Phi) is 3.85. The minimum Gasteiger partial charge on any atom is -0.497 e. The van der Waals surface area contributed by atoms with Gasteiger partial charge in [0.1, 0.15) is 12.0 Å². The molecule has 0 spiro atoms. The van der Waals surface area contributed by atoms with E-state index in [1.165, 1.54) is 4.31 Å². The summed E-state index contributed by atoms with van der Waals surface area (Å²) in [6, 6.07) is 3.48. The monoisotopic (exact) mass is 285 g/mol. The van der Waals surface area contributed by atoms with Crippen LogP contribution in [0.2, 0.25) is 0 Å². The Labute approximate surface area is 114 Å². The highest BCUT2D eigenvalue weighted by Crippen LogP contribution is 2.30. The Morgan fingerprint density at radius 2 is 1.89 bits per heavy atom. The summed E-state index contributed by atoms with van der Waals surface area (Å²) in [4.78, 5) is 0.352. The van der Waals surface area contributed by atoms with Crippen LogP contribution in [0.4, 0.5) is 0 Å². The minimum atomic E-state index is -3.52. The van der Waals surface area contributed by atoms with Crippen LogP contribution < -0.4 is 4.74 Å². The molecule has 1 heterocycles. The van der Waals surface area contributed by atoms with Gasteiger partial charge in [-0.05, 0) is 44.0 Å². The summed E-state index contributed by atoms with van der Waals surface area (Å²) in [5, 5.41) is 0. The molecule has 5 nitrogen and oxygen atoms in total. The van der Waals surface area contributed by atoms with E-state index in [4.69, 9.17) is 9.47 Å². The summed E-state index contributed by atoms with van der Waals surface area (Å²) >= 11 is 0. The van der Waals surface area contributed by atoms with Crippen molar-refractivity contribution in [1.82, 2.24) is 4.31 Å². The Morgan fingerprint density at radius 3 is 2.32 bits per heavy atom. The Balaban J connectivity index is 2.52. The molecule has 1 aliphatic heterocycles. The van der Waals surface area contributed by atoms with Gasteiger partial charge in [0.05, 0.1) is 18.6 Å². The van der Waals surface area contributed by atoms with Crippen LogP contribution in [0.1, 0.15) is 18.1 Å². The highest BCUT2D eigenvalue weighted by atomic mass is 32.2. The molecule has 0 aromatic heterocycles. The van der Waals surface area contributed by atoms with Crippen LogP contribution in [0.3, 0.4) is 0 Å². The smallest absolute Gasteiger partial charge is 0.245 e. The predicted molar refractivity (Wildman–Crippen MR) is 71.8 cm³/mol. The van der Waals surface area contributed by atoms with Crippen molar-refractivity contribution in [2.75, 3.05) is 20.3 Å². The zero-order valence-electron chi connectivity index (χ0n) is 11.6. The van der Waals surface area contributed by atoms with Gasteiger partial charge in [-0.25, -0.2) is 8.42 Å². The van der Waals surface area contributed by atoms with Crippen LogP contribution in [-0.2, 0) is 14.8 Å². The zero-order valence-corrected chi connectivity index (χ0v) is 12.5. The number of nitrogens with zero attached hydrogens (tertiary/aromatic N) is 1.